The molecule has 5 nitrogen and oxygen atoms in total. The molecule has 1 aliphatic rings. The van der Waals surface area contributed by atoms with Crippen LogP contribution in [-0.2, 0) is 4.79 Å². The van der Waals surface area contributed by atoms with E-state index in [0.29, 0.717) is 6.54 Å². The van der Waals surface area contributed by atoms with Gasteiger partial charge in [0.2, 0.25) is 5.91 Å². The molecular weight excluding hydrogens is 266 g/mol. The molecule has 1 atom stereocenters. The summed E-state index contributed by atoms with van der Waals surface area (Å²) in [5.74, 6) is -0.0557. The minimum absolute atomic E-state index is 0.0542. The molecule has 5 heteroatoms. The first kappa shape index (κ1) is 15.8. The Morgan fingerprint density at radius 1 is 1.33 bits per heavy atom. The number of amides is 1. The van der Waals surface area contributed by atoms with Crippen LogP contribution in [0.4, 0.5) is 11.4 Å². The van der Waals surface area contributed by atoms with Gasteiger partial charge in [0.05, 0.1) is 12.6 Å². The fraction of sp³-hybridized carbons (Fsp3) is 0.562. The van der Waals surface area contributed by atoms with E-state index in [4.69, 9.17) is 5.11 Å². The Hall–Kier alpha value is -1.59. The summed E-state index contributed by atoms with van der Waals surface area (Å²) in [7, 11) is 1.83. The molecule has 2 rings (SSSR count). The molecule has 0 bridgehead atoms. The second-order valence-electron chi connectivity index (χ2n) is 5.61. The monoisotopic (exact) mass is 291 g/mol. The number of carbonyl (C=O) groups excluding carboxylic acids is 1. The maximum absolute atomic E-state index is 12.1. The van der Waals surface area contributed by atoms with Crippen molar-refractivity contribution >= 4 is 17.3 Å². The number of aliphatic hydroxyl groups excluding tert-OH is 1. The van der Waals surface area contributed by atoms with Crippen LogP contribution in [0.3, 0.4) is 0 Å². The second-order valence-corrected chi connectivity index (χ2v) is 5.61. The quantitative estimate of drug-likeness (QED) is 0.835. The van der Waals surface area contributed by atoms with Gasteiger partial charge in [-0.2, -0.15) is 0 Å². The molecular formula is C16H25N3O2. The first-order chi connectivity index (χ1) is 10.1. The van der Waals surface area contributed by atoms with Gasteiger partial charge in [0.15, 0.2) is 0 Å². The molecule has 1 heterocycles. The number of likely N-dealkylation sites (N-methyl/N-ethyl adjacent to an activating group) is 1. The fourth-order valence-corrected chi connectivity index (χ4v) is 2.53. The lowest BCUT2D eigenvalue weighted by Crippen LogP contribution is -2.40. The third-order valence-electron chi connectivity index (χ3n) is 4.10. The van der Waals surface area contributed by atoms with E-state index < -0.39 is 0 Å². The summed E-state index contributed by atoms with van der Waals surface area (Å²) in [6.07, 6.45) is 2.51. The Bertz CT molecular complexity index is 455. The Labute approximate surface area is 126 Å². The number of anilines is 2. The van der Waals surface area contributed by atoms with Crippen molar-refractivity contribution in [1.29, 1.82) is 0 Å². The van der Waals surface area contributed by atoms with Crippen molar-refractivity contribution in [3.8, 4) is 0 Å². The van der Waals surface area contributed by atoms with Gasteiger partial charge in [0.25, 0.3) is 0 Å². The van der Waals surface area contributed by atoms with Gasteiger partial charge in [-0.15, -0.1) is 0 Å². The van der Waals surface area contributed by atoms with Crippen LogP contribution in [0, 0.1) is 0 Å². The predicted octanol–water partition coefficient (Wildman–Crippen LogP) is 1.54. The predicted molar refractivity (Wildman–Crippen MR) is 85.7 cm³/mol. The van der Waals surface area contributed by atoms with Gasteiger partial charge >= 0.3 is 0 Å². The van der Waals surface area contributed by atoms with Gasteiger partial charge in [-0.3, -0.25) is 9.69 Å². The van der Waals surface area contributed by atoms with Crippen molar-refractivity contribution < 1.29 is 9.90 Å². The molecule has 1 saturated heterocycles. The smallest absolute Gasteiger partial charge is 0.241 e. The van der Waals surface area contributed by atoms with Crippen molar-refractivity contribution in [1.82, 2.24) is 4.90 Å². The largest absolute Gasteiger partial charge is 0.395 e. The molecule has 2 N–H and O–H groups in total. The zero-order chi connectivity index (χ0) is 15.2. The molecule has 0 spiro atoms. The highest BCUT2D eigenvalue weighted by Crippen LogP contribution is 2.22. The maximum atomic E-state index is 12.1. The zero-order valence-electron chi connectivity index (χ0n) is 12.9. The molecule has 21 heavy (non-hydrogen) atoms. The number of hydrogen-bond donors (Lipinski definition) is 2. The number of aliphatic hydroxyl groups is 1. The van der Waals surface area contributed by atoms with Gasteiger partial charge in [-0.25, -0.2) is 0 Å². The standard InChI is InChI=1S/C16H25N3O2/c1-13(18(2)11-12-20)16(21)17-14-5-7-15(8-6-14)19-9-3-4-10-19/h5-8,13,20H,3-4,9-12H2,1-2H3,(H,17,21). The van der Waals surface area contributed by atoms with E-state index in [9.17, 15) is 4.79 Å². The molecule has 0 saturated carbocycles. The fourth-order valence-electron chi connectivity index (χ4n) is 2.53. The van der Waals surface area contributed by atoms with Crippen LogP contribution in [-0.4, -0.2) is 55.2 Å². The average molecular weight is 291 g/mol. The Kier molecular flexibility index (Phi) is 5.59. The molecule has 1 unspecified atom stereocenters. The zero-order valence-corrected chi connectivity index (χ0v) is 12.9. The number of carbonyl (C=O) groups is 1. The minimum atomic E-state index is -0.268. The minimum Gasteiger partial charge on any atom is -0.395 e. The first-order valence-electron chi connectivity index (χ1n) is 7.59. The maximum Gasteiger partial charge on any atom is 0.241 e. The van der Waals surface area contributed by atoms with Crippen molar-refractivity contribution in [2.24, 2.45) is 0 Å². The summed E-state index contributed by atoms with van der Waals surface area (Å²) in [4.78, 5) is 16.3. The third-order valence-corrected chi connectivity index (χ3v) is 4.10. The van der Waals surface area contributed by atoms with Crippen molar-refractivity contribution in [3.63, 3.8) is 0 Å². The number of benzene rings is 1. The van der Waals surface area contributed by atoms with E-state index >= 15 is 0 Å². The van der Waals surface area contributed by atoms with Crippen molar-refractivity contribution in [3.05, 3.63) is 24.3 Å². The molecule has 1 aliphatic heterocycles. The van der Waals surface area contributed by atoms with Crippen molar-refractivity contribution in [2.45, 2.75) is 25.8 Å². The number of rotatable bonds is 6. The van der Waals surface area contributed by atoms with Crippen LogP contribution < -0.4 is 10.2 Å². The molecule has 1 aromatic carbocycles. The highest BCUT2D eigenvalue weighted by atomic mass is 16.3. The van der Waals surface area contributed by atoms with Crippen LogP contribution in [0.5, 0.6) is 0 Å². The van der Waals surface area contributed by atoms with E-state index in [2.05, 4.69) is 22.3 Å². The van der Waals surface area contributed by atoms with Gasteiger partial charge in [-0.1, -0.05) is 0 Å². The molecule has 1 amide bonds. The summed E-state index contributed by atoms with van der Waals surface area (Å²) >= 11 is 0. The van der Waals surface area contributed by atoms with E-state index in [1.54, 1.807) is 0 Å². The number of nitrogens with zero attached hydrogens (tertiary/aromatic N) is 2. The lowest BCUT2D eigenvalue weighted by atomic mass is 10.2. The Morgan fingerprint density at radius 3 is 2.52 bits per heavy atom. The summed E-state index contributed by atoms with van der Waals surface area (Å²) in [6, 6.07) is 7.75. The highest BCUT2D eigenvalue weighted by molar-refractivity contribution is 5.94. The molecule has 1 fully saturated rings. The molecule has 1 aromatic rings. The molecule has 0 radical (unpaired) electrons. The van der Waals surface area contributed by atoms with Crippen LogP contribution in [0.15, 0.2) is 24.3 Å². The van der Waals surface area contributed by atoms with E-state index in [0.717, 1.165) is 18.8 Å². The van der Waals surface area contributed by atoms with Crippen LogP contribution in [0.25, 0.3) is 0 Å². The highest BCUT2D eigenvalue weighted by Gasteiger charge is 2.18. The Balaban J connectivity index is 1.91. The normalized spacial score (nSPS) is 16.3. The van der Waals surface area contributed by atoms with Gasteiger partial charge in [0.1, 0.15) is 0 Å². The van der Waals surface area contributed by atoms with Crippen LogP contribution in [0.1, 0.15) is 19.8 Å². The van der Waals surface area contributed by atoms with Gasteiger partial charge in [-0.05, 0) is 51.1 Å². The summed E-state index contributed by atoms with van der Waals surface area (Å²) in [6.45, 7) is 4.62. The summed E-state index contributed by atoms with van der Waals surface area (Å²) < 4.78 is 0. The second kappa shape index (κ2) is 7.43. The molecule has 116 valence electrons. The lowest BCUT2D eigenvalue weighted by molar-refractivity contribution is -0.120. The first-order valence-corrected chi connectivity index (χ1v) is 7.59. The van der Waals surface area contributed by atoms with E-state index in [1.165, 1.54) is 18.5 Å². The summed E-state index contributed by atoms with van der Waals surface area (Å²) in [5, 5.41) is 11.8. The SMILES string of the molecule is CC(C(=O)Nc1ccc(N2CCCC2)cc1)N(C)CCO. The number of nitrogens with one attached hydrogen (secondary N) is 1. The van der Waals surface area contributed by atoms with Gasteiger partial charge < -0.3 is 15.3 Å². The van der Waals surface area contributed by atoms with Crippen LogP contribution >= 0.6 is 0 Å². The number of hydrogen-bond acceptors (Lipinski definition) is 4. The average Bonchev–Trinajstić information content (AvgIpc) is 3.01. The molecule has 0 aliphatic carbocycles. The lowest BCUT2D eigenvalue weighted by Gasteiger charge is -2.23. The van der Waals surface area contributed by atoms with Crippen molar-refractivity contribution in [2.75, 3.05) is 43.5 Å². The van der Waals surface area contributed by atoms with Crippen LogP contribution in [0.2, 0.25) is 0 Å². The van der Waals surface area contributed by atoms with E-state index in [1.807, 2.05) is 31.0 Å². The topological polar surface area (TPSA) is 55.8 Å². The van der Waals surface area contributed by atoms with Gasteiger partial charge in [0, 0.05) is 31.0 Å². The summed E-state index contributed by atoms with van der Waals surface area (Å²) in [5.41, 5.74) is 2.03. The molecule has 0 aromatic heterocycles. The third kappa shape index (κ3) is 4.19. The Morgan fingerprint density at radius 2 is 1.95 bits per heavy atom. The van der Waals surface area contributed by atoms with E-state index in [-0.39, 0.29) is 18.6 Å².